The van der Waals surface area contributed by atoms with Crippen molar-refractivity contribution in [2.24, 2.45) is 5.73 Å². The van der Waals surface area contributed by atoms with Crippen molar-refractivity contribution in [1.29, 1.82) is 0 Å². The molecular weight excluding hydrogens is 304 g/mol. The van der Waals surface area contributed by atoms with Crippen LogP contribution in [-0.4, -0.2) is 18.6 Å². The highest BCUT2D eigenvalue weighted by atomic mass is 35.5. The van der Waals surface area contributed by atoms with E-state index in [1.165, 1.54) is 5.56 Å². The van der Waals surface area contributed by atoms with Crippen LogP contribution in [0, 0.1) is 0 Å². The lowest BCUT2D eigenvalue weighted by Crippen LogP contribution is -2.14. The van der Waals surface area contributed by atoms with Gasteiger partial charge in [0.15, 0.2) is 0 Å². The summed E-state index contributed by atoms with van der Waals surface area (Å²) in [4.78, 5) is 0.367. The van der Waals surface area contributed by atoms with Gasteiger partial charge in [0.1, 0.15) is 10.7 Å². The van der Waals surface area contributed by atoms with Crippen LogP contribution in [0.3, 0.4) is 0 Å². The molecule has 0 atom stereocenters. The van der Waals surface area contributed by atoms with Crippen molar-refractivity contribution in [2.45, 2.75) is 6.42 Å². The molecule has 2 rings (SSSR count). The first-order valence-electron chi connectivity index (χ1n) is 6.56. The predicted molar refractivity (Wildman–Crippen MR) is 92.5 cm³/mol. The van der Waals surface area contributed by atoms with Crippen molar-refractivity contribution in [2.75, 3.05) is 19.0 Å². The molecule has 0 aromatic heterocycles. The summed E-state index contributed by atoms with van der Waals surface area (Å²) in [5, 5.41) is 4.10. The van der Waals surface area contributed by atoms with E-state index in [0.717, 1.165) is 35.0 Å². The Morgan fingerprint density at radius 3 is 2.57 bits per heavy atom. The van der Waals surface area contributed by atoms with Gasteiger partial charge in [0, 0.05) is 28.9 Å². The molecule has 3 N–H and O–H groups in total. The van der Waals surface area contributed by atoms with Gasteiger partial charge in [-0.1, -0.05) is 36.0 Å². The first-order chi connectivity index (χ1) is 10.1. The maximum Gasteiger partial charge on any atom is 0.120 e. The zero-order valence-electron chi connectivity index (χ0n) is 11.7. The minimum atomic E-state index is 0.367. The van der Waals surface area contributed by atoms with Gasteiger partial charge in [-0.3, -0.25) is 0 Å². The van der Waals surface area contributed by atoms with Crippen LogP contribution in [0.25, 0.3) is 0 Å². The molecule has 0 amide bonds. The second-order valence-corrected chi connectivity index (χ2v) is 5.46. The van der Waals surface area contributed by atoms with Gasteiger partial charge in [-0.25, -0.2) is 0 Å². The average Bonchev–Trinajstić information content (AvgIpc) is 2.49. The zero-order valence-corrected chi connectivity index (χ0v) is 13.3. The Morgan fingerprint density at radius 2 is 1.95 bits per heavy atom. The number of rotatable bonds is 6. The number of thiocarbonyl (C=S) groups is 1. The molecule has 0 unspecified atom stereocenters. The Balaban J connectivity index is 2.04. The number of methoxy groups -OCH3 is 1. The number of hydrogen-bond donors (Lipinski definition) is 2. The second kappa shape index (κ2) is 7.29. The number of ether oxygens (including phenoxy) is 1. The monoisotopic (exact) mass is 320 g/mol. The molecule has 21 heavy (non-hydrogen) atoms. The van der Waals surface area contributed by atoms with E-state index in [-0.39, 0.29) is 0 Å². The van der Waals surface area contributed by atoms with E-state index in [4.69, 9.17) is 34.3 Å². The smallest absolute Gasteiger partial charge is 0.120 e. The lowest BCUT2D eigenvalue weighted by atomic mass is 10.1. The summed E-state index contributed by atoms with van der Waals surface area (Å²) < 4.78 is 5.23. The summed E-state index contributed by atoms with van der Waals surface area (Å²) in [6.45, 7) is 0.768. The summed E-state index contributed by atoms with van der Waals surface area (Å²) in [6, 6.07) is 13.4. The predicted octanol–water partition coefficient (Wildman–Crippen LogP) is 3.64. The molecule has 110 valence electrons. The summed E-state index contributed by atoms with van der Waals surface area (Å²) >= 11 is 10.9. The van der Waals surface area contributed by atoms with Crippen LogP contribution >= 0.6 is 23.8 Å². The van der Waals surface area contributed by atoms with Gasteiger partial charge in [-0.15, -0.1) is 0 Å². The van der Waals surface area contributed by atoms with Crippen LogP contribution in [0.1, 0.15) is 11.1 Å². The number of anilines is 1. The molecule has 0 aliphatic carbocycles. The van der Waals surface area contributed by atoms with Crippen molar-refractivity contribution < 1.29 is 4.74 Å². The van der Waals surface area contributed by atoms with Crippen LogP contribution in [0.4, 0.5) is 5.69 Å². The lowest BCUT2D eigenvalue weighted by Gasteiger charge is -2.13. The molecule has 0 saturated heterocycles. The van der Waals surface area contributed by atoms with Crippen molar-refractivity contribution in [1.82, 2.24) is 0 Å². The molecule has 2 aromatic rings. The number of halogens is 1. The highest BCUT2D eigenvalue weighted by Gasteiger charge is 2.06. The minimum absolute atomic E-state index is 0.367. The molecule has 2 aromatic carbocycles. The maximum atomic E-state index is 5.87. The first kappa shape index (κ1) is 15.6. The van der Waals surface area contributed by atoms with Crippen molar-refractivity contribution in [3.05, 3.63) is 58.6 Å². The summed E-state index contributed by atoms with van der Waals surface area (Å²) in [7, 11) is 1.63. The zero-order chi connectivity index (χ0) is 15.2. The lowest BCUT2D eigenvalue weighted by molar-refractivity contribution is 0.415. The molecule has 0 heterocycles. The Morgan fingerprint density at radius 1 is 1.24 bits per heavy atom. The Hall–Kier alpha value is -1.78. The third-order valence-electron chi connectivity index (χ3n) is 3.13. The van der Waals surface area contributed by atoms with Gasteiger partial charge in [0.25, 0.3) is 0 Å². The molecule has 0 spiro atoms. The van der Waals surface area contributed by atoms with E-state index in [1.807, 2.05) is 42.5 Å². The number of nitrogens with two attached hydrogens (primary N) is 1. The SMILES string of the molecule is COc1ccc(C(N)=S)c(NCCc2ccc(Cl)cc2)c1. The van der Waals surface area contributed by atoms with Gasteiger partial charge in [-0.05, 0) is 36.2 Å². The third kappa shape index (κ3) is 4.34. The van der Waals surface area contributed by atoms with Crippen LogP contribution in [0.2, 0.25) is 5.02 Å². The third-order valence-corrected chi connectivity index (χ3v) is 3.61. The van der Waals surface area contributed by atoms with E-state index >= 15 is 0 Å². The average molecular weight is 321 g/mol. The van der Waals surface area contributed by atoms with Crippen molar-refractivity contribution in [3.63, 3.8) is 0 Å². The van der Waals surface area contributed by atoms with Crippen molar-refractivity contribution in [3.8, 4) is 5.75 Å². The van der Waals surface area contributed by atoms with Gasteiger partial charge < -0.3 is 15.8 Å². The van der Waals surface area contributed by atoms with Crippen molar-refractivity contribution >= 4 is 34.5 Å². The molecule has 5 heteroatoms. The van der Waals surface area contributed by atoms with Crippen LogP contribution in [-0.2, 0) is 6.42 Å². The van der Waals surface area contributed by atoms with Gasteiger partial charge in [0.05, 0.1) is 7.11 Å². The molecule has 0 aliphatic heterocycles. The Kier molecular flexibility index (Phi) is 5.42. The molecule has 3 nitrogen and oxygen atoms in total. The highest BCUT2D eigenvalue weighted by molar-refractivity contribution is 7.80. The van der Waals surface area contributed by atoms with E-state index < -0.39 is 0 Å². The maximum absolute atomic E-state index is 5.87. The fraction of sp³-hybridized carbons (Fsp3) is 0.188. The number of nitrogens with one attached hydrogen (secondary N) is 1. The largest absolute Gasteiger partial charge is 0.497 e. The minimum Gasteiger partial charge on any atom is -0.497 e. The van der Waals surface area contributed by atoms with E-state index in [2.05, 4.69) is 5.32 Å². The van der Waals surface area contributed by atoms with Gasteiger partial charge in [0.2, 0.25) is 0 Å². The first-order valence-corrected chi connectivity index (χ1v) is 7.35. The summed E-state index contributed by atoms with van der Waals surface area (Å²) in [5.41, 5.74) is 8.66. The molecular formula is C16H17ClN2OS. The molecule has 0 aliphatic rings. The number of hydrogen-bond acceptors (Lipinski definition) is 3. The van der Waals surface area contributed by atoms with E-state index in [1.54, 1.807) is 7.11 Å². The molecule has 0 bridgehead atoms. The number of benzene rings is 2. The summed E-state index contributed by atoms with van der Waals surface area (Å²) in [5.74, 6) is 0.768. The van der Waals surface area contributed by atoms with Gasteiger partial charge in [-0.2, -0.15) is 0 Å². The van der Waals surface area contributed by atoms with E-state index in [9.17, 15) is 0 Å². The quantitative estimate of drug-likeness (QED) is 0.798. The van der Waals surface area contributed by atoms with E-state index in [0.29, 0.717) is 4.99 Å². The van der Waals surface area contributed by atoms with Crippen LogP contribution < -0.4 is 15.8 Å². The molecule has 0 fully saturated rings. The highest BCUT2D eigenvalue weighted by Crippen LogP contribution is 2.22. The Bertz CT molecular complexity index is 629. The summed E-state index contributed by atoms with van der Waals surface area (Å²) in [6.07, 6.45) is 0.880. The second-order valence-electron chi connectivity index (χ2n) is 4.58. The fourth-order valence-corrected chi connectivity index (χ4v) is 2.31. The van der Waals surface area contributed by atoms with Crippen LogP contribution in [0.5, 0.6) is 5.75 Å². The molecule has 0 radical (unpaired) electrons. The van der Waals surface area contributed by atoms with Gasteiger partial charge >= 0.3 is 0 Å². The van der Waals surface area contributed by atoms with Crippen LogP contribution in [0.15, 0.2) is 42.5 Å². The fourth-order valence-electron chi connectivity index (χ4n) is 2.00. The topological polar surface area (TPSA) is 47.3 Å². The Labute approximate surface area is 135 Å². The molecule has 0 saturated carbocycles. The normalized spacial score (nSPS) is 10.2. The standard InChI is InChI=1S/C16H17ClN2OS/c1-20-13-6-7-14(16(18)21)15(10-13)19-9-8-11-2-4-12(17)5-3-11/h2-7,10,19H,8-9H2,1H3,(H2,18,21).